The highest BCUT2D eigenvalue weighted by Gasteiger charge is 2.16. The molecular weight excluding hydrogens is 243 g/mol. The van der Waals surface area contributed by atoms with Crippen molar-refractivity contribution in [1.29, 1.82) is 0 Å². The van der Waals surface area contributed by atoms with Gasteiger partial charge in [-0.05, 0) is 37.5 Å². The molecular formula is C12H14ClFN2O. The molecule has 0 aliphatic carbocycles. The number of amides is 2. The lowest BCUT2D eigenvalue weighted by molar-refractivity contribution is 0.200. The Kier molecular flexibility index (Phi) is 3.84. The SMILES string of the molecule is O=C(Nc1cc(F)cc(Cl)c1)N1CCCCC1. The Balaban J connectivity index is 2.01. The third-order valence-electron chi connectivity index (χ3n) is 2.76. The summed E-state index contributed by atoms with van der Waals surface area (Å²) in [5.41, 5.74) is 0.394. The highest BCUT2D eigenvalue weighted by molar-refractivity contribution is 6.30. The van der Waals surface area contributed by atoms with Crippen molar-refractivity contribution in [3.05, 3.63) is 29.0 Å². The molecule has 2 rings (SSSR count). The van der Waals surface area contributed by atoms with Crippen molar-refractivity contribution in [3.63, 3.8) is 0 Å². The number of urea groups is 1. The smallest absolute Gasteiger partial charge is 0.321 e. The van der Waals surface area contributed by atoms with Gasteiger partial charge in [0.1, 0.15) is 5.82 Å². The minimum Gasteiger partial charge on any atom is -0.325 e. The van der Waals surface area contributed by atoms with Crippen molar-refractivity contribution in [1.82, 2.24) is 4.90 Å². The van der Waals surface area contributed by atoms with E-state index in [0.717, 1.165) is 32.4 Å². The summed E-state index contributed by atoms with van der Waals surface area (Å²) in [6.45, 7) is 1.52. The molecule has 0 unspecified atom stereocenters. The summed E-state index contributed by atoms with van der Waals surface area (Å²) in [5.74, 6) is -0.452. The van der Waals surface area contributed by atoms with E-state index in [2.05, 4.69) is 5.32 Å². The molecule has 0 bridgehead atoms. The summed E-state index contributed by atoms with van der Waals surface area (Å²) in [6.07, 6.45) is 3.21. The maximum Gasteiger partial charge on any atom is 0.321 e. The van der Waals surface area contributed by atoms with E-state index in [0.29, 0.717) is 5.69 Å². The number of piperidine rings is 1. The van der Waals surface area contributed by atoms with Crippen LogP contribution in [0.4, 0.5) is 14.9 Å². The number of nitrogens with zero attached hydrogens (tertiary/aromatic N) is 1. The van der Waals surface area contributed by atoms with Crippen molar-refractivity contribution < 1.29 is 9.18 Å². The molecule has 1 aromatic rings. The molecule has 0 aromatic heterocycles. The van der Waals surface area contributed by atoms with E-state index in [9.17, 15) is 9.18 Å². The van der Waals surface area contributed by atoms with E-state index in [1.165, 1.54) is 18.2 Å². The Morgan fingerprint density at radius 3 is 2.59 bits per heavy atom. The largest absolute Gasteiger partial charge is 0.325 e. The summed E-state index contributed by atoms with van der Waals surface area (Å²) in [4.78, 5) is 13.6. The first-order chi connectivity index (χ1) is 8.15. The van der Waals surface area contributed by atoms with Crippen LogP contribution in [0, 0.1) is 5.82 Å². The summed E-state index contributed by atoms with van der Waals surface area (Å²) in [6, 6.07) is 3.81. The molecule has 1 aliphatic rings. The predicted octanol–water partition coefficient (Wildman–Crippen LogP) is 3.50. The van der Waals surface area contributed by atoms with Crippen LogP contribution >= 0.6 is 11.6 Å². The quantitative estimate of drug-likeness (QED) is 0.820. The van der Waals surface area contributed by atoms with Gasteiger partial charge in [-0.2, -0.15) is 0 Å². The standard InChI is InChI=1S/C12H14ClFN2O/c13-9-6-10(14)8-11(7-9)15-12(17)16-4-2-1-3-5-16/h6-8H,1-5H2,(H,15,17). The number of hydrogen-bond acceptors (Lipinski definition) is 1. The molecule has 1 saturated heterocycles. The second kappa shape index (κ2) is 5.36. The highest BCUT2D eigenvalue weighted by atomic mass is 35.5. The number of benzene rings is 1. The Morgan fingerprint density at radius 2 is 1.94 bits per heavy atom. The molecule has 0 spiro atoms. The molecule has 1 heterocycles. The van der Waals surface area contributed by atoms with Gasteiger partial charge in [-0.25, -0.2) is 9.18 Å². The molecule has 0 radical (unpaired) electrons. The van der Waals surface area contributed by atoms with Crippen LogP contribution in [0.15, 0.2) is 18.2 Å². The molecule has 17 heavy (non-hydrogen) atoms. The van der Waals surface area contributed by atoms with Crippen LogP contribution in [-0.4, -0.2) is 24.0 Å². The van der Waals surface area contributed by atoms with Gasteiger partial charge in [-0.15, -0.1) is 0 Å². The molecule has 0 atom stereocenters. The van der Waals surface area contributed by atoms with Gasteiger partial charge in [0.05, 0.1) is 0 Å². The molecule has 1 fully saturated rings. The Bertz CT molecular complexity index is 399. The number of rotatable bonds is 1. The molecule has 1 N–H and O–H groups in total. The molecule has 2 amide bonds. The fourth-order valence-corrected chi connectivity index (χ4v) is 2.15. The van der Waals surface area contributed by atoms with Gasteiger partial charge in [-0.3, -0.25) is 0 Å². The Hall–Kier alpha value is -1.29. The first kappa shape index (κ1) is 12.2. The van der Waals surface area contributed by atoms with Gasteiger partial charge in [0, 0.05) is 23.8 Å². The number of carbonyl (C=O) groups is 1. The number of hydrogen-bond donors (Lipinski definition) is 1. The molecule has 0 saturated carbocycles. The molecule has 1 aromatic carbocycles. The van der Waals surface area contributed by atoms with Crippen LogP contribution in [0.5, 0.6) is 0 Å². The van der Waals surface area contributed by atoms with E-state index in [4.69, 9.17) is 11.6 Å². The fraction of sp³-hybridized carbons (Fsp3) is 0.417. The van der Waals surface area contributed by atoms with Crippen molar-refractivity contribution >= 4 is 23.3 Å². The highest BCUT2D eigenvalue weighted by Crippen LogP contribution is 2.19. The lowest BCUT2D eigenvalue weighted by Gasteiger charge is -2.26. The first-order valence-electron chi connectivity index (χ1n) is 5.67. The van der Waals surface area contributed by atoms with Crippen molar-refractivity contribution in [3.8, 4) is 0 Å². The number of nitrogens with one attached hydrogen (secondary N) is 1. The molecule has 5 heteroatoms. The zero-order valence-corrected chi connectivity index (χ0v) is 10.1. The van der Waals surface area contributed by atoms with Gasteiger partial charge in [0.25, 0.3) is 0 Å². The lowest BCUT2D eigenvalue weighted by atomic mass is 10.1. The molecule has 1 aliphatic heterocycles. The van der Waals surface area contributed by atoms with E-state index >= 15 is 0 Å². The van der Waals surface area contributed by atoms with Gasteiger partial charge in [0.15, 0.2) is 0 Å². The van der Waals surface area contributed by atoms with Gasteiger partial charge in [0.2, 0.25) is 0 Å². The average Bonchev–Trinajstić information content (AvgIpc) is 2.28. The van der Waals surface area contributed by atoms with Crippen LogP contribution in [-0.2, 0) is 0 Å². The minimum atomic E-state index is -0.452. The summed E-state index contributed by atoms with van der Waals surface area (Å²) < 4.78 is 13.1. The topological polar surface area (TPSA) is 32.3 Å². The van der Waals surface area contributed by atoms with Gasteiger partial charge in [-0.1, -0.05) is 11.6 Å². The third-order valence-corrected chi connectivity index (χ3v) is 2.98. The Labute approximate surface area is 105 Å². The van der Waals surface area contributed by atoms with Crippen LogP contribution < -0.4 is 5.32 Å². The van der Waals surface area contributed by atoms with Crippen molar-refractivity contribution in [2.24, 2.45) is 0 Å². The van der Waals surface area contributed by atoms with Gasteiger partial charge >= 0.3 is 6.03 Å². The number of carbonyl (C=O) groups excluding carboxylic acids is 1. The number of likely N-dealkylation sites (tertiary alicyclic amines) is 1. The maximum absolute atomic E-state index is 13.1. The van der Waals surface area contributed by atoms with Gasteiger partial charge < -0.3 is 10.2 Å². The first-order valence-corrected chi connectivity index (χ1v) is 6.05. The monoisotopic (exact) mass is 256 g/mol. The summed E-state index contributed by atoms with van der Waals surface area (Å²) in [5, 5.41) is 2.93. The van der Waals surface area contributed by atoms with E-state index in [1.54, 1.807) is 4.90 Å². The third kappa shape index (κ3) is 3.33. The van der Waals surface area contributed by atoms with Crippen LogP contribution in [0.25, 0.3) is 0 Å². The fourth-order valence-electron chi connectivity index (χ4n) is 1.93. The van der Waals surface area contributed by atoms with E-state index in [-0.39, 0.29) is 11.1 Å². The van der Waals surface area contributed by atoms with E-state index < -0.39 is 5.82 Å². The number of halogens is 2. The predicted molar refractivity (Wildman–Crippen MR) is 65.9 cm³/mol. The Morgan fingerprint density at radius 1 is 1.24 bits per heavy atom. The van der Waals surface area contributed by atoms with Crippen molar-refractivity contribution in [2.45, 2.75) is 19.3 Å². The number of anilines is 1. The lowest BCUT2D eigenvalue weighted by Crippen LogP contribution is -2.38. The van der Waals surface area contributed by atoms with Crippen molar-refractivity contribution in [2.75, 3.05) is 18.4 Å². The second-order valence-corrected chi connectivity index (χ2v) is 4.57. The second-order valence-electron chi connectivity index (χ2n) is 4.14. The minimum absolute atomic E-state index is 0.189. The normalized spacial score (nSPS) is 15.8. The summed E-state index contributed by atoms with van der Waals surface area (Å²) >= 11 is 5.71. The van der Waals surface area contributed by atoms with Crippen LogP contribution in [0.3, 0.4) is 0 Å². The van der Waals surface area contributed by atoms with Crippen LogP contribution in [0.1, 0.15) is 19.3 Å². The maximum atomic E-state index is 13.1. The van der Waals surface area contributed by atoms with Crippen LogP contribution in [0.2, 0.25) is 5.02 Å². The molecule has 3 nitrogen and oxygen atoms in total. The molecule has 92 valence electrons. The summed E-state index contributed by atoms with van der Waals surface area (Å²) in [7, 11) is 0. The zero-order valence-electron chi connectivity index (χ0n) is 9.38. The average molecular weight is 257 g/mol. The van der Waals surface area contributed by atoms with E-state index in [1.807, 2.05) is 0 Å². The zero-order chi connectivity index (χ0) is 12.3.